The van der Waals surface area contributed by atoms with Gasteiger partial charge < -0.3 is 4.57 Å². The number of aryl methyl sites for hydroxylation is 2. The Labute approximate surface area is 204 Å². The van der Waals surface area contributed by atoms with Crippen molar-refractivity contribution in [2.24, 2.45) is 5.10 Å². The quantitative estimate of drug-likeness (QED) is 0.277. The molecule has 2 aromatic heterocycles. The van der Waals surface area contributed by atoms with Crippen LogP contribution in [0, 0.1) is 13.8 Å². The van der Waals surface area contributed by atoms with Crippen molar-refractivity contribution in [3.05, 3.63) is 118 Å². The normalized spacial score (nSPS) is 12.0. The van der Waals surface area contributed by atoms with Gasteiger partial charge in [0, 0.05) is 17.4 Å². The second-order valence-electron chi connectivity index (χ2n) is 8.46. The Morgan fingerprint density at radius 1 is 0.889 bits per heavy atom. The predicted octanol–water partition coefficient (Wildman–Crippen LogP) is 6.37. The Hall–Kier alpha value is -4.46. The molecule has 0 N–H and O–H groups in total. The maximum absolute atomic E-state index is 13.4. The Bertz CT molecular complexity index is 1680. The fraction of sp³-hybridized carbons (Fsp3) is 0.107. The highest BCUT2D eigenvalue weighted by molar-refractivity contribution is 5.81. The summed E-state index contributed by atoms with van der Waals surface area (Å²) in [5.41, 5.74) is 3.11. The molecule has 5 nitrogen and oxygen atoms in total. The van der Waals surface area contributed by atoms with Gasteiger partial charge in [0.2, 0.25) is 0 Å². The molecule has 2 heterocycles. The number of alkyl halides is 3. The van der Waals surface area contributed by atoms with Crippen molar-refractivity contribution in [2.75, 3.05) is 0 Å². The van der Waals surface area contributed by atoms with E-state index in [1.807, 2.05) is 54.9 Å². The van der Waals surface area contributed by atoms with E-state index in [0.29, 0.717) is 16.6 Å². The molecule has 0 fully saturated rings. The minimum Gasteiger partial charge on any atom is -0.316 e. The van der Waals surface area contributed by atoms with Crippen molar-refractivity contribution in [1.82, 2.24) is 14.2 Å². The highest BCUT2D eigenvalue weighted by Crippen LogP contribution is 2.32. The molecule has 0 atom stereocenters. The van der Waals surface area contributed by atoms with Crippen molar-refractivity contribution < 1.29 is 13.2 Å². The highest BCUT2D eigenvalue weighted by Gasteiger charge is 2.31. The number of benzene rings is 3. The predicted molar refractivity (Wildman–Crippen MR) is 135 cm³/mol. The summed E-state index contributed by atoms with van der Waals surface area (Å²) < 4.78 is 43.1. The molecule has 0 spiro atoms. The smallest absolute Gasteiger partial charge is 0.316 e. The molecule has 5 rings (SSSR count). The Morgan fingerprint density at radius 2 is 1.69 bits per heavy atom. The van der Waals surface area contributed by atoms with Crippen LogP contribution >= 0.6 is 0 Å². The zero-order valence-corrected chi connectivity index (χ0v) is 19.5. The van der Waals surface area contributed by atoms with Crippen molar-refractivity contribution >= 4 is 17.1 Å². The van der Waals surface area contributed by atoms with Crippen LogP contribution in [0.1, 0.15) is 22.4 Å². The van der Waals surface area contributed by atoms with E-state index in [1.165, 1.54) is 23.9 Å². The molecule has 0 unspecified atom stereocenters. The molecule has 5 aromatic rings. The van der Waals surface area contributed by atoms with Gasteiger partial charge in [-0.2, -0.15) is 22.9 Å². The Kier molecular flexibility index (Phi) is 5.80. The van der Waals surface area contributed by atoms with Gasteiger partial charge >= 0.3 is 6.18 Å². The van der Waals surface area contributed by atoms with Crippen LogP contribution in [-0.2, 0) is 6.18 Å². The Balaban J connectivity index is 1.67. The fourth-order valence-electron chi connectivity index (χ4n) is 3.98. The van der Waals surface area contributed by atoms with E-state index < -0.39 is 17.3 Å². The first-order valence-electron chi connectivity index (χ1n) is 11.2. The first-order chi connectivity index (χ1) is 17.2. The number of aromatic nitrogens is 3. The van der Waals surface area contributed by atoms with Crippen LogP contribution in [0.15, 0.2) is 95.0 Å². The Morgan fingerprint density at radius 3 is 2.47 bits per heavy atom. The van der Waals surface area contributed by atoms with E-state index in [1.54, 1.807) is 24.3 Å². The molecule has 0 aliphatic heterocycles. The molecule has 3 aromatic carbocycles. The van der Waals surface area contributed by atoms with E-state index >= 15 is 0 Å². The van der Waals surface area contributed by atoms with Gasteiger partial charge in [-0.05, 0) is 73.5 Å². The number of fused-ring (bicyclic) bond motifs is 1. The summed E-state index contributed by atoms with van der Waals surface area (Å²) in [4.78, 5) is 17.9. The number of rotatable bonds is 4. The molecule has 0 amide bonds. The van der Waals surface area contributed by atoms with Crippen LogP contribution in [0.5, 0.6) is 0 Å². The molecule has 0 bridgehead atoms. The lowest BCUT2D eigenvalue weighted by Gasteiger charge is -2.12. The van der Waals surface area contributed by atoms with Gasteiger partial charge in [-0.25, -0.2) is 4.98 Å². The molecular formula is C28H21F3N4O. The van der Waals surface area contributed by atoms with E-state index in [-0.39, 0.29) is 11.4 Å². The highest BCUT2D eigenvalue weighted by atomic mass is 19.4. The lowest BCUT2D eigenvalue weighted by atomic mass is 10.1. The molecule has 0 radical (unpaired) electrons. The van der Waals surface area contributed by atoms with Crippen molar-refractivity contribution in [3.8, 4) is 17.1 Å². The topological polar surface area (TPSA) is 52.2 Å². The molecule has 0 aliphatic rings. The zero-order valence-electron chi connectivity index (χ0n) is 19.5. The second-order valence-corrected chi connectivity index (χ2v) is 8.46. The summed E-state index contributed by atoms with van der Waals surface area (Å²) in [6.45, 7) is 4.06. The number of para-hydroxylation sites is 1. The molecule has 0 saturated heterocycles. The molecular weight excluding hydrogens is 465 g/mol. The monoisotopic (exact) mass is 486 g/mol. The first-order valence-corrected chi connectivity index (χ1v) is 11.2. The standard InChI is InChI=1S/C28H21F3N4O/c1-18-12-13-22(15-19(18)2)34-14-6-9-23(34)17-32-35-26(20-7-5-8-21(16-20)28(29,30)31)33-25-11-4-3-10-24(25)27(35)36/h3-17H,1-2H3. The minimum atomic E-state index is -4.53. The van der Waals surface area contributed by atoms with Gasteiger partial charge in [-0.15, -0.1) is 0 Å². The average Bonchev–Trinajstić information content (AvgIpc) is 3.33. The summed E-state index contributed by atoms with van der Waals surface area (Å²) >= 11 is 0. The second kappa shape index (κ2) is 8.96. The zero-order chi connectivity index (χ0) is 25.4. The van der Waals surface area contributed by atoms with Crippen LogP contribution in [0.2, 0.25) is 0 Å². The lowest BCUT2D eigenvalue weighted by molar-refractivity contribution is -0.137. The summed E-state index contributed by atoms with van der Waals surface area (Å²) in [6.07, 6.45) is -1.15. The number of halogens is 3. The number of hydrogen-bond acceptors (Lipinski definition) is 3. The van der Waals surface area contributed by atoms with Crippen molar-refractivity contribution in [2.45, 2.75) is 20.0 Å². The largest absolute Gasteiger partial charge is 0.416 e. The third kappa shape index (κ3) is 4.33. The SMILES string of the molecule is Cc1ccc(-n2cccc2C=Nn2c(-c3cccc(C(F)(F)F)c3)nc3ccccc3c2=O)cc1C. The molecule has 0 saturated carbocycles. The fourth-order valence-corrected chi connectivity index (χ4v) is 3.98. The van der Waals surface area contributed by atoms with Crippen LogP contribution in [0.3, 0.4) is 0 Å². The third-order valence-corrected chi connectivity index (χ3v) is 6.06. The van der Waals surface area contributed by atoms with Crippen LogP contribution in [0.25, 0.3) is 28.0 Å². The van der Waals surface area contributed by atoms with Gasteiger partial charge in [0.05, 0.1) is 28.4 Å². The maximum atomic E-state index is 13.4. The lowest BCUT2D eigenvalue weighted by Crippen LogP contribution is -2.20. The van der Waals surface area contributed by atoms with Crippen LogP contribution < -0.4 is 5.56 Å². The van der Waals surface area contributed by atoms with Crippen molar-refractivity contribution in [3.63, 3.8) is 0 Å². The van der Waals surface area contributed by atoms with Gasteiger partial charge in [-0.1, -0.05) is 30.3 Å². The number of nitrogens with zero attached hydrogens (tertiary/aromatic N) is 4. The van der Waals surface area contributed by atoms with E-state index in [4.69, 9.17) is 0 Å². The maximum Gasteiger partial charge on any atom is 0.416 e. The molecule has 8 heteroatoms. The van der Waals surface area contributed by atoms with E-state index in [0.717, 1.165) is 28.1 Å². The summed E-state index contributed by atoms with van der Waals surface area (Å²) in [5, 5.41) is 4.72. The summed E-state index contributed by atoms with van der Waals surface area (Å²) in [6, 6.07) is 21.1. The van der Waals surface area contributed by atoms with E-state index in [9.17, 15) is 18.0 Å². The van der Waals surface area contributed by atoms with Gasteiger partial charge in [-0.3, -0.25) is 4.79 Å². The van der Waals surface area contributed by atoms with Crippen LogP contribution in [0.4, 0.5) is 13.2 Å². The van der Waals surface area contributed by atoms with E-state index in [2.05, 4.69) is 10.1 Å². The summed E-state index contributed by atoms with van der Waals surface area (Å²) in [7, 11) is 0. The molecule has 36 heavy (non-hydrogen) atoms. The minimum absolute atomic E-state index is 0.0188. The van der Waals surface area contributed by atoms with Crippen LogP contribution in [-0.4, -0.2) is 20.4 Å². The third-order valence-electron chi connectivity index (χ3n) is 6.06. The first kappa shape index (κ1) is 23.3. The van der Waals surface area contributed by atoms with Crippen molar-refractivity contribution in [1.29, 1.82) is 0 Å². The summed E-state index contributed by atoms with van der Waals surface area (Å²) in [5.74, 6) is 0.0188. The van der Waals surface area contributed by atoms with Gasteiger partial charge in [0.1, 0.15) is 0 Å². The number of hydrogen-bond donors (Lipinski definition) is 0. The average molecular weight is 486 g/mol. The van der Waals surface area contributed by atoms with Gasteiger partial charge in [0.25, 0.3) is 5.56 Å². The van der Waals surface area contributed by atoms with Gasteiger partial charge in [0.15, 0.2) is 5.82 Å². The molecule has 180 valence electrons. The molecule has 0 aliphatic carbocycles.